The van der Waals surface area contributed by atoms with Gasteiger partial charge in [0.05, 0.1) is 4.47 Å². The molecule has 0 aromatic heterocycles. The molecular formula is C10H9BrO3. The van der Waals surface area contributed by atoms with Crippen molar-refractivity contribution in [3.05, 3.63) is 21.7 Å². The predicted molar refractivity (Wildman–Crippen MR) is 55.3 cm³/mol. The third-order valence-corrected chi connectivity index (χ3v) is 3.14. The number of rotatable bonds is 1. The van der Waals surface area contributed by atoms with Crippen molar-refractivity contribution in [1.29, 1.82) is 0 Å². The Balaban J connectivity index is 2.62. The summed E-state index contributed by atoms with van der Waals surface area (Å²) in [4.78, 5) is 10.7. The first-order valence-corrected chi connectivity index (χ1v) is 5.07. The van der Waals surface area contributed by atoms with Gasteiger partial charge in [0.2, 0.25) is 0 Å². The molecule has 1 aromatic carbocycles. The Labute approximate surface area is 90.1 Å². The van der Waals surface area contributed by atoms with Crippen molar-refractivity contribution < 1.29 is 14.3 Å². The summed E-state index contributed by atoms with van der Waals surface area (Å²) in [7, 11) is 0. The van der Waals surface area contributed by atoms with E-state index in [0.29, 0.717) is 30.3 Å². The molecule has 0 spiro atoms. The lowest BCUT2D eigenvalue weighted by atomic mass is 10.1. The number of carbonyl (C=O) groups is 1. The van der Waals surface area contributed by atoms with E-state index in [2.05, 4.69) is 15.9 Å². The van der Waals surface area contributed by atoms with Crippen molar-refractivity contribution in [2.24, 2.45) is 0 Å². The third kappa shape index (κ3) is 1.39. The van der Waals surface area contributed by atoms with Crippen molar-refractivity contribution in [2.75, 3.05) is 13.2 Å². The van der Waals surface area contributed by atoms with E-state index in [0.717, 1.165) is 16.3 Å². The lowest BCUT2D eigenvalue weighted by Gasteiger charge is -2.21. The van der Waals surface area contributed by atoms with Crippen LogP contribution in [0.15, 0.2) is 10.5 Å². The Bertz CT molecular complexity index is 387. The second kappa shape index (κ2) is 3.61. The number of aldehydes is 1. The maximum atomic E-state index is 10.7. The first-order chi connectivity index (χ1) is 6.74. The van der Waals surface area contributed by atoms with E-state index >= 15 is 0 Å². The van der Waals surface area contributed by atoms with E-state index < -0.39 is 0 Å². The summed E-state index contributed by atoms with van der Waals surface area (Å²) < 4.78 is 11.6. The van der Waals surface area contributed by atoms with Crippen molar-refractivity contribution in [3.8, 4) is 11.5 Å². The minimum absolute atomic E-state index is 0.529. The fraction of sp³-hybridized carbons (Fsp3) is 0.300. The summed E-state index contributed by atoms with van der Waals surface area (Å²) in [6.07, 6.45) is 0.818. The van der Waals surface area contributed by atoms with E-state index in [-0.39, 0.29) is 0 Å². The molecule has 3 nitrogen and oxygen atoms in total. The van der Waals surface area contributed by atoms with Gasteiger partial charge in [0.25, 0.3) is 0 Å². The molecule has 1 aliphatic rings. The van der Waals surface area contributed by atoms with E-state index in [1.807, 2.05) is 6.92 Å². The Morgan fingerprint density at radius 1 is 1.43 bits per heavy atom. The molecule has 0 fully saturated rings. The second-order valence-corrected chi connectivity index (χ2v) is 3.84. The van der Waals surface area contributed by atoms with Crippen LogP contribution < -0.4 is 9.47 Å². The molecule has 2 rings (SSSR count). The van der Waals surface area contributed by atoms with E-state index in [9.17, 15) is 4.79 Å². The van der Waals surface area contributed by atoms with Crippen LogP contribution in [0.5, 0.6) is 11.5 Å². The van der Waals surface area contributed by atoms with Crippen LogP contribution in [0, 0.1) is 6.92 Å². The minimum Gasteiger partial charge on any atom is -0.486 e. The van der Waals surface area contributed by atoms with Crippen LogP contribution in [0.2, 0.25) is 0 Å². The number of hydrogen-bond acceptors (Lipinski definition) is 3. The summed E-state index contributed by atoms with van der Waals surface area (Å²) in [5.41, 5.74) is 1.50. The molecular weight excluding hydrogens is 248 g/mol. The molecule has 0 saturated carbocycles. The van der Waals surface area contributed by atoms with E-state index in [4.69, 9.17) is 9.47 Å². The van der Waals surface area contributed by atoms with Gasteiger partial charge >= 0.3 is 0 Å². The number of benzene rings is 1. The third-order valence-electron chi connectivity index (χ3n) is 2.19. The van der Waals surface area contributed by atoms with Gasteiger partial charge in [0.15, 0.2) is 11.5 Å². The summed E-state index contributed by atoms with van der Waals surface area (Å²) in [5.74, 6) is 1.33. The SMILES string of the molecule is Cc1c(C=O)cc2c(c1Br)OCCO2. The zero-order valence-electron chi connectivity index (χ0n) is 7.67. The molecule has 4 heteroatoms. The van der Waals surface area contributed by atoms with Crippen LogP contribution in [-0.2, 0) is 0 Å². The van der Waals surface area contributed by atoms with Crippen molar-refractivity contribution in [2.45, 2.75) is 6.92 Å². The number of ether oxygens (including phenoxy) is 2. The van der Waals surface area contributed by atoms with Gasteiger partial charge in [-0.2, -0.15) is 0 Å². The Kier molecular flexibility index (Phi) is 2.46. The Morgan fingerprint density at radius 3 is 2.86 bits per heavy atom. The van der Waals surface area contributed by atoms with Crippen LogP contribution in [0.25, 0.3) is 0 Å². The normalized spacial score (nSPS) is 13.9. The molecule has 74 valence electrons. The molecule has 0 N–H and O–H groups in total. The van der Waals surface area contributed by atoms with Crippen molar-refractivity contribution in [1.82, 2.24) is 0 Å². The second-order valence-electron chi connectivity index (χ2n) is 3.05. The highest BCUT2D eigenvalue weighted by molar-refractivity contribution is 9.10. The van der Waals surface area contributed by atoms with Crippen molar-refractivity contribution in [3.63, 3.8) is 0 Å². The number of carbonyl (C=O) groups excluding carboxylic acids is 1. The van der Waals surface area contributed by atoms with Gasteiger partial charge in [0, 0.05) is 5.56 Å². The molecule has 14 heavy (non-hydrogen) atoms. The topological polar surface area (TPSA) is 35.5 Å². The summed E-state index contributed by atoms with van der Waals surface area (Å²) in [5, 5.41) is 0. The Morgan fingerprint density at radius 2 is 2.14 bits per heavy atom. The molecule has 1 aliphatic heterocycles. The van der Waals surface area contributed by atoms with Gasteiger partial charge in [-0.3, -0.25) is 4.79 Å². The van der Waals surface area contributed by atoms with Gasteiger partial charge in [-0.1, -0.05) is 0 Å². The van der Waals surface area contributed by atoms with Crippen molar-refractivity contribution >= 4 is 22.2 Å². The molecule has 0 aliphatic carbocycles. The lowest BCUT2D eigenvalue weighted by molar-refractivity contribution is 0.112. The Hall–Kier alpha value is -1.03. The maximum Gasteiger partial charge on any atom is 0.175 e. The monoisotopic (exact) mass is 256 g/mol. The van der Waals surface area contributed by atoms with Gasteiger partial charge in [-0.05, 0) is 34.5 Å². The highest BCUT2D eigenvalue weighted by Crippen LogP contribution is 2.40. The maximum absolute atomic E-state index is 10.7. The van der Waals surface area contributed by atoms with Crippen LogP contribution in [-0.4, -0.2) is 19.5 Å². The lowest BCUT2D eigenvalue weighted by Crippen LogP contribution is -2.16. The van der Waals surface area contributed by atoms with Crippen LogP contribution in [0.3, 0.4) is 0 Å². The number of halogens is 1. The predicted octanol–water partition coefficient (Wildman–Crippen LogP) is 2.34. The quantitative estimate of drug-likeness (QED) is 0.724. The summed E-state index contributed by atoms with van der Waals surface area (Å²) >= 11 is 3.39. The molecule has 0 saturated heterocycles. The molecule has 0 radical (unpaired) electrons. The number of fused-ring (bicyclic) bond motifs is 1. The van der Waals surface area contributed by atoms with Gasteiger partial charge in [0.1, 0.15) is 19.5 Å². The average Bonchev–Trinajstić information content (AvgIpc) is 2.23. The summed E-state index contributed by atoms with van der Waals surface area (Å²) in [6, 6.07) is 1.71. The molecule has 0 bridgehead atoms. The first-order valence-electron chi connectivity index (χ1n) is 4.28. The van der Waals surface area contributed by atoms with Gasteiger partial charge in [-0.15, -0.1) is 0 Å². The van der Waals surface area contributed by atoms with Gasteiger partial charge < -0.3 is 9.47 Å². The molecule has 0 atom stereocenters. The molecule has 0 amide bonds. The van der Waals surface area contributed by atoms with E-state index in [1.54, 1.807) is 6.07 Å². The minimum atomic E-state index is 0.529. The largest absolute Gasteiger partial charge is 0.486 e. The zero-order chi connectivity index (χ0) is 10.1. The average molecular weight is 257 g/mol. The fourth-order valence-electron chi connectivity index (χ4n) is 1.38. The first kappa shape index (κ1) is 9.52. The van der Waals surface area contributed by atoms with E-state index in [1.165, 1.54) is 0 Å². The molecule has 1 aromatic rings. The number of hydrogen-bond donors (Lipinski definition) is 0. The highest BCUT2D eigenvalue weighted by Gasteiger charge is 2.18. The fourth-order valence-corrected chi connectivity index (χ4v) is 1.92. The zero-order valence-corrected chi connectivity index (χ0v) is 9.26. The van der Waals surface area contributed by atoms with Crippen LogP contribution in [0.4, 0.5) is 0 Å². The van der Waals surface area contributed by atoms with Gasteiger partial charge in [-0.25, -0.2) is 0 Å². The summed E-state index contributed by atoms with van der Waals surface area (Å²) in [6.45, 7) is 2.94. The smallest absolute Gasteiger partial charge is 0.175 e. The highest BCUT2D eigenvalue weighted by atomic mass is 79.9. The van der Waals surface area contributed by atoms with Crippen LogP contribution in [0.1, 0.15) is 15.9 Å². The standard InChI is InChI=1S/C10H9BrO3/c1-6-7(5-12)4-8-10(9(6)11)14-3-2-13-8/h4-5H,2-3H2,1H3. The molecule has 1 heterocycles. The molecule has 0 unspecified atom stereocenters. The van der Waals surface area contributed by atoms with Crippen LogP contribution >= 0.6 is 15.9 Å².